The summed E-state index contributed by atoms with van der Waals surface area (Å²) < 4.78 is 0. The van der Waals surface area contributed by atoms with Crippen molar-refractivity contribution < 1.29 is 14.6 Å². The first-order chi connectivity index (χ1) is 13.6. The summed E-state index contributed by atoms with van der Waals surface area (Å²) in [4.78, 5) is 24.8. The van der Waals surface area contributed by atoms with Crippen LogP contribution in [0, 0.1) is 10.1 Å². The molecule has 28 heavy (non-hydrogen) atoms. The number of nitrogens with zero attached hydrogens (tertiary/aromatic N) is 1. The summed E-state index contributed by atoms with van der Waals surface area (Å²) in [6.07, 6.45) is 3.87. The molecule has 1 heterocycles. The summed E-state index contributed by atoms with van der Waals surface area (Å²) in [5.41, 5.74) is 2.90. The molecule has 1 fully saturated rings. The maximum Gasteiger partial charge on any atom is 0.293 e. The number of quaternary nitrogens is 1. The molecule has 7 nitrogen and oxygen atoms in total. The summed E-state index contributed by atoms with van der Waals surface area (Å²) in [5, 5.41) is 16.9. The third-order valence-corrected chi connectivity index (χ3v) is 5.28. The van der Waals surface area contributed by atoms with Crippen molar-refractivity contribution in [2.24, 2.45) is 0 Å². The van der Waals surface area contributed by atoms with E-state index in [1.165, 1.54) is 44.0 Å². The van der Waals surface area contributed by atoms with E-state index in [1.807, 2.05) is 18.2 Å². The highest BCUT2D eigenvalue weighted by molar-refractivity contribution is 5.95. The zero-order chi connectivity index (χ0) is 19.9. The van der Waals surface area contributed by atoms with Gasteiger partial charge in [0, 0.05) is 30.8 Å². The van der Waals surface area contributed by atoms with E-state index in [0.29, 0.717) is 12.2 Å². The average Bonchev–Trinajstić information content (AvgIpc) is 2.73. The van der Waals surface area contributed by atoms with Crippen LogP contribution in [0.15, 0.2) is 42.5 Å². The first kappa shape index (κ1) is 19.8. The van der Waals surface area contributed by atoms with Crippen LogP contribution in [-0.4, -0.2) is 31.0 Å². The molecule has 0 radical (unpaired) electrons. The molecule has 7 heteroatoms. The fraction of sp³-hybridized carbons (Fsp3) is 0.381. The standard InChI is InChI=1S/C21H26N4O3/c1-22-19-10-9-16(13-20(19)25(27)28)21(26)23-14-17-7-3-4-8-18(17)15-24-11-5-2-6-12-24/h3-4,7-10,13,22H,2,5-6,11-12,14-15H2,1H3,(H,23,26)/p+1. The van der Waals surface area contributed by atoms with E-state index in [9.17, 15) is 14.9 Å². The third kappa shape index (κ3) is 4.86. The Kier molecular flexibility index (Phi) is 6.60. The Bertz CT molecular complexity index is 847. The monoisotopic (exact) mass is 383 g/mol. The van der Waals surface area contributed by atoms with Crippen LogP contribution < -0.4 is 15.5 Å². The number of hydrogen-bond acceptors (Lipinski definition) is 4. The molecule has 3 N–H and O–H groups in total. The van der Waals surface area contributed by atoms with Crippen molar-refractivity contribution in [3.05, 3.63) is 69.3 Å². The Labute approximate surface area is 164 Å². The Hall–Kier alpha value is -2.93. The molecule has 1 amide bonds. The van der Waals surface area contributed by atoms with Crippen molar-refractivity contribution in [2.75, 3.05) is 25.5 Å². The second kappa shape index (κ2) is 9.32. The fourth-order valence-corrected chi connectivity index (χ4v) is 3.71. The van der Waals surface area contributed by atoms with Crippen LogP contribution in [0.25, 0.3) is 0 Å². The predicted octanol–water partition coefficient (Wildman–Crippen LogP) is 2.14. The molecule has 0 saturated carbocycles. The van der Waals surface area contributed by atoms with Crippen molar-refractivity contribution in [1.82, 2.24) is 5.32 Å². The number of carbonyl (C=O) groups excluding carboxylic acids is 1. The van der Waals surface area contributed by atoms with Gasteiger partial charge < -0.3 is 15.5 Å². The zero-order valence-electron chi connectivity index (χ0n) is 16.2. The van der Waals surface area contributed by atoms with Crippen molar-refractivity contribution >= 4 is 17.3 Å². The SMILES string of the molecule is CNc1ccc(C(=O)NCc2ccccc2C[NH+]2CCCCC2)cc1[N+](=O)[O-]. The molecule has 0 aromatic heterocycles. The van der Waals surface area contributed by atoms with Gasteiger partial charge in [-0.05, 0) is 37.0 Å². The summed E-state index contributed by atoms with van der Waals surface area (Å²) in [6.45, 7) is 3.77. The molecule has 0 aliphatic carbocycles. The second-order valence-corrected chi connectivity index (χ2v) is 7.18. The average molecular weight is 383 g/mol. The number of hydrogen-bond donors (Lipinski definition) is 3. The summed E-state index contributed by atoms with van der Waals surface area (Å²) in [6, 6.07) is 12.6. The minimum absolute atomic E-state index is 0.107. The van der Waals surface area contributed by atoms with Gasteiger partial charge in [0.05, 0.1) is 18.0 Å². The fourth-order valence-electron chi connectivity index (χ4n) is 3.71. The smallest absolute Gasteiger partial charge is 0.293 e. The van der Waals surface area contributed by atoms with Crippen LogP contribution in [0.4, 0.5) is 11.4 Å². The van der Waals surface area contributed by atoms with E-state index in [-0.39, 0.29) is 17.2 Å². The summed E-state index contributed by atoms with van der Waals surface area (Å²) >= 11 is 0. The molecule has 0 unspecified atom stereocenters. The second-order valence-electron chi connectivity index (χ2n) is 7.18. The molecular formula is C21H27N4O3+. The maximum absolute atomic E-state index is 12.5. The first-order valence-corrected chi connectivity index (χ1v) is 9.73. The van der Waals surface area contributed by atoms with Gasteiger partial charge in [-0.2, -0.15) is 0 Å². The highest BCUT2D eigenvalue weighted by Gasteiger charge is 2.18. The van der Waals surface area contributed by atoms with Crippen LogP contribution >= 0.6 is 0 Å². The van der Waals surface area contributed by atoms with E-state index >= 15 is 0 Å². The van der Waals surface area contributed by atoms with Crippen LogP contribution in [-0.2, 0) is 13.1 Å². The lowest BCUT2D eigenvalue weighted by Crippen LogP contribution is -3.11. The Morgan fingerprint density at radius 1 is 1.11 bits per heavy atom. The minimum Gasteiger partial charge on any atom is -0.383 e. The number of nitro benzene ring substituents is 1. The van der Waals surface area contributed by atoms with Gasteiger partial charge in [-0.3, -0.25) is 14.9 Å². The largest absolute Gasteiger partial charge is 0.383 e. The third-order valence-electron chi connectivity index (χ3n) is 5.28. The van der Waals surface area contributed by atoms with Crippen molar-refractivity contribution in [2.45, 2.75) is 32.4 Å². The van der Waals surface area contributed by atoms with Gasteiger partial charge in [0.25, 0.3) is 11.6 Å². The lowest BCUT2D eigenvalue weighted by Gasteiger charge is -2.24. The number of piperidine rings is 1. The van der Waals surface area contributed by atoms with Gasteiger partial charge in [-0.1, -0.05) is 24.3 Å². The van der Waals surface area contributed by atoms with E-state index in [0.717, 1.165) is 12.1 Å². The number of carbonyl (C=O) groups is 1. The zero-order valence-corrected chi connectivity index (χ0v) is 16.2. The number of nitrogens with one attached hydrogen (secondary N) is 3. The van der Waals surface area contributed by atoms with Crippen LogP contribution in [0.5, 0.6) is 0 Å². The Morgan fingerprint density at radius 2 is 1.82 bits per heavy atom. The van der Waals surface area contributed by atoms with Gasteiger partial charge in [0.15, 0.2) is 0 Å². The first-order valence-electron chi connectivity index (χ1n) is 9.73. The highest BCUT2D eigenvalue weighted by atomic mass is 16.6. The molecule has 3 rings (SSSR count). The molecule has 0 atom stereocenters. The quantitative estimate of drug-likeness (QED) is 0.505. The number of nitro groups is 1. The topological polar surface area (TPSA) is 88.7 Å². The molecule has 1 aliphatic rings. The number of anilines is 1. The van der Waals surface area contributed by atoms with E-state index in [2.05, 4.69) is 16.7 Å². The summed E-state index contributed by atoms with van der Waals surface area (Å²) in [7, 11) is 1.61. The molecule has 0 bridgehead atoms. The Balaban J connectivity index is 1.68. The van der Waals surface area contributed by atoms with Crippen LogP contribution in [0.3, 0.4) is 0 Å². The van der Waals surface area contributed by atoms with Gasteiger partial charge >= 0.3 is 0 Å². The lowest BCUT2D eigenvalue weighted by molar-refractivity contribution is -0.918. The molecule has 0 spiro atoms. The van der Waals surface area contributed by atoms with Gasteiger partial charge in [0.2, 0.25) is 0 Å². The summed E-state index contributed by atoms with van der Waals surface area (Å²) in [5.74, 6) is -0.314. The number of benzene rings is 2. The van der Waals surface area contributed by atoms with Crippen molar-refractivity contribution in [3.63, 3.8) is 0 Å². The van der Waals surface area contributed by atoms with Crippen molar-refractivity contribution in [3.8, 4) is 0 Å². The molecular weight excluding hydrogens is 356 g/mol. The van der Waals surface area contributed by atoms with Crippen molar-refractivity contribution in [1.29, 1.82) is 0 Å². The van der Waals surface area contributed by atoms with Gasteiger partial charge in [-0.25, -0.2) is 0 Å². The van der Waals surface area contributed by atoms with E-state index < -0.39 is 4.92 Å². The van der Waals surface area contributed by atoms with E-state index in [4.69, 9.17) is 0 Å². The lowest BCUT2D eigenvalue weighted by atomic mass is 10.0. The number of rotatable bonds is 7. The van der Waals surface area contributed by atoms with Gasteiger partial charge in [0.1, 0.15) is 12.2 Å². The normalized spacial score (nSPS) is 14.5. The molecule has 2 aromatic rings. The Morgan fingerprint density at radius 3 is 2.50 bits per heavy atom. The molecule has 148 valence electrons. The van der Waals surface area contributed by atoms with Crippen LogP contribution in [0.2, 0.25) is 0 Å². The maximum atomic E-state index is 12.5. The molecule has 2 aromatic carbocycles. The predicted molar refractivity (Wildman–Crippen MR) is 109 cm³/mol. The highest BCUT2D eigenvalue weighted by Crippen LogP contribution is 2.25. The number of likely N-dealkylation sites (tertiary alicyclic amines) is 1. The molecule has 1 saturated heterocycles. The van der Waals surface area contributed by atoms with E-state index in [1.54, 1.807) is 24.1 Å². The number of amides is 1. The van der Waals surface area contributed by atoms with Crippen LogP contribution in [0.1, 0.15) is 40.7 Å². The van der Waals surface area contributed by atoms with Gasteiger partial charge in [-0.15, -0.1) is 0 Å². The minimum atomic E-state index is -0.487. The molecule has 1 aliphatic heterocycles.